The van der Waals surface area contributed by atoms with Crippen molar-refractivity contribution in [3.63, 3.8) is 0 Å². The Labute approximate surface area is 129 Å². The molecule has 0 saturated carbocycles. The second-order valence-corrected chi connectivity index (χ2v) is 5.14. The summed E-state index contributed by atoms with van der Waals surface area (Å²) in [6, 6.07) is 14.3. The van der Waals surface area contributed by atoms with E-state index >= 15 is 0 Å². The number of carbonyl (C=O) groups is 2. The second kappa shape index (κ2) is 7.41. The number of benzene rings is 2. The van der Waals surface area contributed by atoms with Gasteiger partial charge in [-0.1, -0.05) is 24.3 Å². The molecule has 2 aromatic rings. The third-order valence-electron chi connectivity index (χ3n) is 3.27. The number of rotatable bonds is 7. The van der Waals surface area contributed by atoms with Crippen LogP contribution < -0.4 is 4.74 Å². The Hall–Kier alpha value is -2.62. The Morgan fingerprint density at radius 1 is 1.05 bits per heavy atom. The molecule has 0 heterocycles. The van der Waals surface area contributed by atoms with Crippen LogP contribution in [0.25, 0.3) is 0 Å². The molecule has 0 unspecified atom stereocenters. The minimum absolute atomic E-state index is 0.179. The van der Waals surface area contributed by atoms with E-state index in [9.17, 15) is 9.59 Å². The number of hydrogen-bond donors (Lipinski definition) is 1. The number of ketones is 1. The number of aromatic carboxylic acids is 1. The predicted octanol–water partition coefficient (Wildman–Crippen LogP) is 3.49. The molecule has 0 bridgehead atoms. The third-order valence-corrected chi connectivity index (χ3v) is 3.27. The topological polar surface area (TPSA) is 63.6 Å². The smallest absolute Gasteiger partial charge is 0.335 e. The van der Waals surface area contributed by atoms with Crippen LogP contribution in [0.4, 0.5) is 0 Å². The van der Waals surface area contributed by atoms with Gasteiger partial charge in [-0.25, -0.2) is 4.79 Å². The van der Waals surface area contributed by atoms with Crippen molar-refractivity contribution in [1.29, 1.82) is 0 Å². The number of aryl methyl sites for hydroxylation is 1. The van der Waals surface area contributed by atoms with Gasteiger partial charge >= 0.3 is 5.97 Å². The fraction of sp³-hybridized carbons (Fsp3) is 0.222. The zero-order valence-corrected chi connectivity index (χ0v) is 12.4. The third kappa shape index (κ3) is 4.74. The number of carboxylic acid groups (broad SMARTS) is 1. The maximum Gasteiger partial charge on any atom is 0.335 e. The SMILES string of the molecule is CC(=O)CCc1ccc(OCc2cccc(C(=O)O)c2)cc1. The monoisotopic (exact) mass is 298 g/mol. The highest BCUT2D eigenvalue weighted by Crippen LogP contribution is 2.16. The van der Waals surface area contributed by atoms with Gasteiger partial charge in [0.15, 0.2) is 0 Å². The van der Waals surface area contributed by atoms with Gasteiger partial charge in [0.25, 0.3) is 0 Å². The molecule has 4 heteroatoms. The molecule has 0 amide bonds. The minimum atomic E-state index is -0.948. The van der Waals surface area contributed by atoms with E-state index in [1.165, 1.54) is 0 Å². The number of hydrogen-bond acceptors (Lipinski definition) is 3. The molecule has 0 spiro atoms. The van der Waals surface area contributed by atoms with Crippen molar-refractivity contribution in [3.8, 4) is 5.75 Å². The first kappa shape index (κ1) is 15.8. The Morgan fingerprint density at radius 3 is 2.41 bits per heavy atom. The molecule has 114 valence electrons. The Balaban J connectivity index is 1.92. The van der Waals surface area contributed by atoms with Gasteiger partial charge in [0.1, 0.15) is 18.1 Å². The van der Waals surface area contributed by atoms with Gasteiger partial charge in [-0.05, 0) is 48.7 Å². The molecular weight excluding hydrogens is 280 g/mol. The summed E-state index contributed by atoms with van der Waals surface area (Å²) in [7, 11) is 0. The van der Waals surface area contributed by atoms with Crippen molar-refractivity contribution >= 4 is 11.8 Å². The predicted molar refractivity (Wildman–Crippen MR) is 83.2 cm³/mol. The lowest BCUT2D eigenvalue weighted by Gasteiger charge is -2.08. The van der Waals surface area contributed by atoms with Crippen LogP contribution in [0.15, 0.2) is 48.5 Å². The molecule has 0 radical (unpaired) electrons. The van der Waals surface area contributed by atoms with Crippen molar-refractivity contribution in [3.05, 3.63) is 65.2 Å². The van der Waals surface area contributed by atoms with Crippen LogP contribution >= 0.6 is 0 Å². The quantitative estimate of drug-likeness (QED) is 0.850. The van der Waals surface area contributed by atoms with Crippen LogP contribution in [0.5, 0.6) is 5.75 Å². The summed E-state index contributed by atoms with van der Waals surface area (Å²) in [6.45, 7) is 1.90. The summed E-state index contributed by atoms with van der Waals surface area (Å²) < 4.78 is 5.65. The van der Waals surface area contributed by atoms with E-state index in [0.717, 1.165) is 17.5 Å². The summed E-state index contributed by atoms with van der Waals surface area (Å²) in [5.41, 5.74) is 2.15. The van der Waals surface area contributed by atoms with Crippen LogP contribution in [-0.2, 0) is 17.8 Å². The Kier molecular flexibility index (Phi) is 5.31. The second-order valence-electron chi connectivity index (χ2n) is 5.14. The summed E-state index contributed by atoms with van der Waals surface area (Å²) in [5.74, 6) is -0.0531. The first-order valence-corrected chi connectivity index (χ1v) is 7.08. The molecule has 4 nitrogen and oxygen atoms in total. The highest BCUT2D eigenvalue weighted by atomic mass is 16.5. The molecule has 2 aromatic carbocycles. The van der Waals surface area contributed by atoms with E-state index in [1.54, 1.807) is 25.1 Å². The standard InChI is InChI=1S/C18H18O4/c1-13(19)5-6-14-7-9-17(10-8-14)22-12-15-3-2-4-16(11-15)18(20)21/h2-4,7-11H,5-6,12H2,1H3,(H,20,21). The molecule has 2 rings (SSSR count). The normalized spacial score (nSPS) is 10.2. The van der Waals surface area contributed by atoms with Crippen LogP contribution in [0.2, 0.25) is 0 Å². The molecule has 22 heavy (non-hydrogen) atoms. The Morgan fingerprint density at radius 2 is 1.77 bits per heavy atom. The molecule has 0 saturated heterocycles. The average Bonchev–Trinajstić information content (AvgIpc) is 2.52. The first-order chi connectivity index (χ1) is 10.5. The van der Waals surface area contributed by atoms with E-state index in [4.69, 9.17) is 9.84 Å². The van der Waals surface area contributed by atoms with Crippen molar-refractivity contribution < 1.29 is 19.4 Å². The molecule has 0 aliphatic carbocycles. The molecule has 0 aliphatic heterocycles. The number of ether oxygens (including phenoxy) is 1. The largest absolute Gasteiger partial charge is 0.489 e. The lowest BCUT2D eigenvalue weighted by Crippen LogP contribution is -2.00. The zero-order chi connectivity index (χ0) is 15.9. The molecule has 1 N–H and O–H groups in total. The van der Waals surface area contributed by atoms with Crippen molar-refractivity contribution in [2.24, 2.45) is 0 Å². The van der Waals surface area contributed by atoms with Gasteiger partial charge in [-0.3, -0.25) is 0 Å². The number of carboxylic acids is 1. The van der Waals surface area contributed by atoms with Crippen LogP contribution in [0.1, 0.15) is 34.8 Å². The molecule has 0 fully saturated rings. The van der Waals surface area contributed by atoms with E-state index in [-0.39, 0.29) is 11.3 Å². The van der Waals surface area contributed by atoms with Crippen molar-refractivity contribution in [2.75, 3.05) is 0 Å². The molecule has 0 aliphatic rings. The van der Waals surface area contributed by atoms with E-state index in [0.29, 0.717) is 18.8 Å². The summed E-state index contributed by atoms with van der Waals surface area (Å²) in [6.07, 6.45) is 1.28. The lowest BCUT2D eigenvalue weighted by molar-refractivity contribution is -0.116. The minimum Gasteiger partial charge on any atom is -0.489 e. The maximum atomic E-state index is 11.0. The van der Waals surface area contributed by atoms with Crippen LogP contribution in [-0.4, -0.2) is 16.9 Å². The lowest BCUT2D eigenvalue weighted by atomic mass is 10.1. The zero-order valence-electron chi connectivity index (χ0n) is 12.4. The summed E-state index contributed by atoms with van der Waals surface area (Å²) in [4.78, 5) is 21.9. The first-order valence-electron chi connectivity index (χ1n) is 7.08. The highest BCUT2D eigenvalue weighted by Gasteiger charge is 2.04. The fourth-order valence-corrected chi connectivity index (χ4v) is 2.03. The van der Waals surface area contributed by atoms with Crippen LogP contribution in [0.3, 0.4) is 0 Å². The van der Waals surface area contributed by atoms with Crippen molar-refractivity contribution in [1.82, 2.24) is 0 Å². The Bertz CT molecular complexity index is 659. The molecule has 0 aromatic heterocycles. The number of carbonyl (C=O) groups excluding carboxylic acids is 1. The van der Waals surface area contributed by atoms with E-state index in [1.807, 2.05) is 30.3 Å². The van der Waals surface area contributed by atoms with Crippen LogP contribution in [0, 0.1) is 0 Å². The fourth-order valence-electron chi connectivity index (χ4n) is 2.03. The molecular formula is C18H18O4. The van der Waals surface area contributed by atoms with Gasteiger partial charge in [0.2, 0.25) is 0 Å². The van der Waals surface area contributed by atoms with Crippen molar-refractivity contribution in [2.45, 2.75) is 26.4 Å². The average molecular weight is 298 g/mol. The molecule has 0 atom stereocenters. The summed E-state index contributed by atoms with van der Waals surface area (Å²) >= 11 is 0. The summed E-state index contributed by atoms with van der Waals surface area (Å²) in [5, 5.41) is 8.95. The van der Waals surface area contributed by atoms with Gasteiger partial charge in [-0.15, -0.1) is 0 Å². The van der Waals surface area contributed by atoms with E-state index in [2.05, 4.69) is 0 Å². The maximum absolute atomic E-state index is 11.0. The van der Waals surface area contributed by atoms with Gasteiger partial charge < -0.3 is 14.6 Å². The number of Topliss-reactive ketones (excluding diaryl/α,β-unsaturated/α-hetero) is 1. The van der Waals surface area contributed by atoms with E-state index < -0.39 is 5.97 Å². The van der Waals surface area contributed by atoms with Gasteiger partial charge in [0.05, 0.1) is 5.56 Å². The van der Waals surface area contributed by atoms with Gasteiger partial charge in [0, 0.05) is 6.42 Å². The van der Waals surface area contributed by atoms with Gasteiger partial charge in [-0.2, -0.15) is 0 Å². The highest BCUT2D eigenvalue weighted by molar-refractivity contribution is 5.87.